The van der Waals surface area contributed by atoms with E-state index in [1.165, 1.54) is 24.3 Å². The van der Waals surface area contributed by atoms with E-state index in [0.717, 1.165) is 31.2 Å². The van der Waals surface area contributed by atoms with E-state index in [9.17, 15) is 9.18 Å². The zero-order chi connectivity index (χ0) is 14.5. The van der Waals surface area contributed by atoms with E-state index in [-0.39, 0.29) is 11.8 Å². The van der Waals surface area contributed by atoms with Crippen molar-refractivity contribution in [3.63, 3.8) is 0 Å². The van der Waals surface area contributed by atoms with Gasteiger partial charge >= 0.3 is 5.97 Å². The second-order valence-corrected chi connectivity index (χ2v) is 5.51. The van der Waals surface area contributed by atoms with E-state index in [2.05, 4.69) is 17.7 Å². The number of benzene rings is 1. The largest absolute Gasteiger partial charge is 0.469 e. The van der Waals surface area contributed by atoms with Gasteiger partial charge in [0.05, 0.1) is 7.11 Å². The minimum atomic E-state index is -0.171. The van der Waals surface area contributed by atoms with Crippen LogP contribution in [0.2, 0.25) is 0 Å². The van der Waals surface area contributed by atoms with Crippen LogP contribution in [0.3, 0.4) is 0 Å². The summed E-state index contributed by atoms with van der Waals surface area (Å²) in [6.07, 6.45) is 6.34. The lowest BCUT2D eigenvalue weighted by Gasteiger charge is -2.13. The number of hydrogen-bond acceptors (Lipinski definition) is 2. The van der Waals surface area contributed by atoms with Crippen LogP contribution in [0, 0.1) is 11.7 Å². The van der Waals surface area contributed by atoms with Crippen LogP contribution in [0.5, 0.6) is 0 Å². The van der Waals surface area contributed by atoms with Gasteiger partial charge in [-0.2, -0.15) is 0 Å². The molecular weight excluding hydrogens is 255 g/mol. The Balaban J connectivity index is 1.86. The van der Waals surface area contributed by atoms with Gasteiger partial charge < -0.3 is 4.74 Å². The fourth-order valence-electron chi connectivity index (χ4n) is 2.74. The van der Waals surface area contributed by atoms with Gasteiger partial charge in [0.15, 0.2) is 0 Å². The van der Waals surface area contributed by atoms with Crippen molar-refractivity contribution < 1.29 is 13.9 Å². The van der Waals surface area contributed by atoms with Gasteiger partial charge in [0.1, 0.15) is 5.82 Å². The van der Waals surface area contributed by atoms with Gasteiger partial charge in [-0.1, -0.05) is 19.1 Å². The van der Waals surface area contributed by atoms with Crippen molar-refractivity contribution in [1.29, 1.82) is 0 Å². The van der Waals surface area contributed by atoms with E-state index < -0.39 is 0 Å². The van der Waals surface area contributed by atoms with Crippen LogP contribution in [0.4, 0.5) is 4.39 Å². The smallest absolute Gasteiger partial charge is 0.305 e. The van der Waals surface area contributed by atoms with Crippen molar-refractivity contribution in [1.82, 2.24) is 0 Å². The Labute approximate surface area is 119 Å². The zero-order valence-electron chi connectivity index (χ0n) is 12.1. The molecule has 0 saturated heterocycles. The first-order chi connectivity index (χ1) is 9.60. The molecule has 0 amide bonds. The quantitative estimate of drug-likeness (QED) is 0.730. The summed E-state index contributed by atoms with van der Waals surface area (Å²) in [6, 6.07) is 5.03. The Hall–Kier alpha value is -1.64. The summed E-state index contributed by atoms with van der Waals surface area (Å²) < 4.78 is 18.0. The maximum Gasteiger partial charge on any atom is 0.305 e. The molecule has 0 unspecified atom stereocenters. The van der Waals surface area contributed by atoms with Crippen LogP contribution in [0.1, 0.15) is 43.7 Å². The molecule has 0 bridgehead atoms. The molecule has 108 valence electrons. The van der Waals surface area contributed by atoms with Crippen molar-refractivity contribution in [2.24, 2.45) is 5.92 Å². The van der Waals surface area contributed by atoms with E-state index >= 15 is 0 Å². The highest BCUT2D eigenvalue weighted by atomic mass is 19.1. The average molecular weight is 276 g/mol. The van der Waals surface area contributed by atoms with Gasteiger partial charge in [-0.05, 0) is 60.4 Å². The van der Waals surface area contributed by atoms with Crippen LogP contribution in [0.25, 0.3) is 5.57 Å². The molecule has 2 nitrogen and oxygen atoms in total. The monoisotopic (exact) mass is 276 g/mol. The Kier molecular flexibility index (Phi) is 4.94. The molecule has 0 fully saturated rings. The van der Waals surface area contributed by atoms with Crippen molar-refractivity contribution in [2.45, 2.75) is 39.0 Å². The van der Waals surface area contributed by atoms with Crippen LogP contribution in [-0.4, -0.2) is 13.1 Å². The van der Waals surface area contributed by atoms with Crippen LogP contribution < -0.4 is 0 Å². The lowest BCUT2D eigenvalue weighted by molar-refractivity contribution is -0.140. The molecule has 1 atom stereocenters. The molecule has 3 heteroatoms. The molecule has 2 rings (SSSR count). The second kappa shape index (κ2) is 6.69. The standard InChI is InChI=1S/C17H21FO2/c1-12(4-3-5-17(19)20-2)10-14-7-6-13-8-9-15(18)11-16(13)14/h7-9,11-12H,3-6,10H2,1-2H3/t12-/m0/s1. The summed E-state index contributed by atoms with van der Waals surface area (Å²) in [5, 5.41) is 0. The molecule has 0 aromatic heterocycles. The van der Waals surface area contributed by atoms with Gasteiger partial charge in [0, 0.05) is 6.42 Å². The summed E-state index contributed by atoms with van der Waals surface area (Å²) in [4.78, 5) is 11.1. The van der Waals surface area contributed by atoms with E-state index in [1.54, 1.807) is 6.07 Å². The summed E-state index contributed by atoms with van der Waals surface area (Å²) in [5.74, 6) is 0.166. The maximum absolute atomic E-state index is 13.3. The SMILES string of the molecule is COC(=O)CCC[C@H](C)CC1=CCc2ccc(F)cc21. The van der Waals surface area contributed by atoms with E-state index in [0.29, 0.717) is 12.3 Å². The van der Waals surface area contributed by atoms with Crippen molar-refractivity contribution in [2.75, 3.05) is 7.11 Å². The molecule has 0 aliphatic heterocycles. The minimum absolute atomic E-state index is 0.148. The number of allylic oxidation sites excluding steroid dienone is 2. The lowest BCUT2D eigenvalue weighted by atomic mass is 9.93. The normalized spacial score (nSPS) is 14.7. The number of hydrogen-bond donors (Lipinski definition) is 0. The number of carbonyl (C=O) groups is 1. The molecule has 0 heterocycles. The fraction of sp³-hybridized carbons (Fsp3) is 0.471. The molecule has 20 heavy (non-hydrogen) atoms. The average Bonchev–Trinajstić information content (AvgIpc) is 2.81. The Morgan fingerprint density at radius 3 is 3.00 bits per heavy atom. The Bertz CT molecular complexity index is 520. The molecule has 0 spiro atoms. The minimum Gasteiger partial charge on any atom is -0.469 e. The summed E-state index contributed by atoms with van der Waals surface area (Å²) >= 11 is 0. The number of fused-ring (bicyclic) bond motifs is 1. The molecule has 0 radical (unpaired) electrons. The molecule has 0 N–H and O–H groups in total. The Morgan fingerprint density at radius 2 is 2.25 bits per heavy atom. The molecule has 1 aliphatic rings. The van der Waals surface area contributed by atoms with Gasteiger partial charge in [-0.15, -0.1) is 0 Å². The summed E-state index contributed by atoms with van der Waals surface area (Å²) in [7, 11) is 1.42. The lowest BCUT2D eigenvalue weighted by Crippen LogP contribution is -2.02. The van der Waals surface area contributed by atoms with Gasteiger partial charge in [-0.25, -0.2) is 4.39 Å². The van der Waals surface area contributed by atoms with Gasteiger partial charge in [0.25, 0.3) is 0 Å². The third-order valence-electron chi connectivity index (χ3n) is 3.86. The highest BCUT2D eigenvalue weighted by molar-refractivity contribution is 5.73. The van der Waals surface area contributed by atoms with Gasteiger partial charge in [-0.3, -0.25) is 4.79 Å². The molecule has 1 aromatic carbocycles. The summed E-state index contributed by atoms with van der Waals surface area (Å²) in [5.41, 5.74) is 3.51. The van der Waals surface area contributed by atoms with E-state index in [1.807, 2.05) is 6.07 Å². The van der Waals surface area contributed by atoms with Crippen molar-refractivity contribution in [3.05, 3.63) is 41.2 Å². The predicted octanol–water partition coefficient (Wildman–Crippen LogP) is 4.13. The van der Waals surface area contributed by atoms with E-state index in [4.69, 9.17) is 0 Å². The number of esters is 1. The molecular formula is C17H21FO2. The highest BCUT2D eigenvalue weighted by Crippen LogP contribution is 2.33. The summed E-state index contributed by atoms with van der Waals surface area (Å²) in [6.45, 7) is 2.18. The predicted molar refractivity (Wildman–Crippen MR) is 77.7 cm³/mol. The van der Waals surface area contributed by atoms with Crippen LogP contribution >= 0.6 is 0 Å². The Morgan fingerprint density at radius 1 is 1.45 bits per heavy atom. The second-order valence-electron chi connectivity index (χ2n) is 5.51. The van der Waals surface area contributed by atoms with Crippen LogP contribution in [-0.2, 0) is 16.0 Å². The van der Waals surface area contributed by atoms with Crippen LogP contribution in [0.15, 0.2) is 24.3 Å². The first-order valence-corrected chi connectivity index (χ1v) is 7.14. The number of carbonyl (C=O) groups excluding carboxylic acids is 1. The highest BCUT2D eigenvalue weighted by Gasteiger charge is 2.17. The molecule has 0 saturated carbocycles. The maximum atomic E-state index is 13.3. The number of ether oxygens (including phenoxy) is 1. The molecule has 1 aromatic rings. The fourth-order valence-corrected chi connectivity index (χ4v) is 2.74. The molecule has 1 aliphatic carbocycles. The van der Waals surface area contributed by atoms with Crippen molar-refractivity contribution in [3.8, 4) is 0 Å². The number of halogens is 1. The third kappa shape index (κ3) is 3.69. The first-order valence-electron chi connectivity index (χ1n) is 7.14. The van der Waals surface area contributed by atoms with Crippen molar-refractivity contribution >= 4 is 11.5 Å². The van der Waals surface area contributed by atoms with Gasteiger partial charge in [0.2, 0.25) is 0 Å². The topological polar surface area (TPSA) is 26.3 Å². The third-order valence-corrected chi connectivity index (χ3v) is 3.86. The number of methoxy groups -OCH3 is 1. The zero-order valence-corrected chi connectivity index (χ0v) is 12.1. The number of rotatable bonds is 6. The first kappa shape index (κ1) is 14.8.